The van der Waals surface area contributed by atoms with E-state index in [-0.39, 0.29) is 0 Å². The van der Waals surface area contributed by atoms with Crippen LogP contribution in [0.5, 0.6) is 0 Å². The van der Waals surface area contributed by atoms with Crippen molar-refractivity contribution in [2.75, 3.05) is 0 Å². The van der Waals surface area contributed by atoms with Gasteiger partial charge in [0.1, 0.15) is 5.69 Å². The van der Waals surface area contributed by atoms with Gasteiger partial charge in [-0.05, 0) is 36.4 Å². The van der Waals surface area contributed by atoms with E-state index in [0.717, 1.165) is 38.8 Å². The van der Waals surface area contributed by atoms with Crippen LogP contribution in [-0.4, -0.2) is 24.9 Å². The lowest BCUT2D eigenvalue weighted by Crippen LogP contribution is -1.87. The molecular formula is C18H11N5. The highest BCUT2D eigenvalue weighted by Gasteiger charge is 2.10. The average molecular weight is 297 g/mol. The summed E-state index contributed by atoms with van der Waals surface area (Å²) in [6.45, 7) is 0. The highest BCUT2D eigenvalue weighted by Crippen LogP contribution is 2.24. The largest absolute Gasteiger partial charge is 0.352 e. The second-order valence-electron chi connectivity index (χ2n) is 5.37. The van der Waals surface area contributed by atoms with Gasteiger partial charge in [0.15, 0.2) is 5.82 Å². The fraction of sp³-hybridized carbons (Fsp3) is 0. The Balaban J connectivity index is 1.79. The maximum atomic E-state index is 4.70. The number of hydrogen-bond donors (Lipinski definition) is 1. The van der Waals surface area contributed by atoms with Gasteiger partial charge in [0.25, 0.3) is 0 Å². The van der Waals surface area contributed by atoms with Crippen molar-refractivity contribution in [3.63, 3.8) is 0 Å². The van der Waals surface area contributed by atoms with E-state index >= 15 is 0 Å². The number of benzene rings is 2. The Hall–Kier alpha value is -3.34. The van der Waals surface area contributed by atoms with Crippen LogP contribution in [0.1, 0.15) is 0 Å². The molecule has 0 saturated heterocycles. The molecule has 0 radical (unpaired) electrons. The third-order valence-corrected chi connectivity index (χ3v) is 3.85. The lowest BCUT2D eigenvalue weighted by atomic mass is 10.2. The lowest BCUT2D eigenvalue weighted by Gasteiger charge is -2.01. The Kier molecular flexibility index (Phi) is 2.43. The fourth-order valence-corrected chi connectivity index (χ4v) is 2.75. The third kappa shape index (κ3) is 1.94. The molecule has 0 amide bonds. The minimum atomic E-state index is 0.639. The maximum absolute atomic E-state index is 4.70. The molecule has 0 fully saturated rings. The zero-order chi connectivity index (χ0) is 15.2. The van der Waals surface area contributed by atoms with Gasteiger partial charge in [0, 0.05) is 6.20 Å². The van der Waals surface area contributed by atoms with Gasteiger partial charge < -0.3 is 4.98 Å². The summed E-state index contributed by atoms with van der Waals surface area (Å²) >= 11 is 0. The van der Waals surface area contributed by atoms with Gasteiger partial charge >= 0.3 is 0 Å². The molecule has 0 bridgehead atoms. The van der Waals surface area contributed by atoms with E-state index in [1.165, 1.54) is 0 Å². The molecular weight excluding hydrogens is 286 g/mol. The topological polar surface area (TPSA) is 67.3 Å². The molecule has 3 aromatic heterocycles. The number of H-pyrrole nitrogens is 1. The van der Waals surface area contributed by atoms with E-state index < -0.39 is 0 Å². The Morgan fingerprint density at radius 2 is 1.48 bits per heavy atom. The van der Waals surface area contributed by atoms with Crippen LogP contribution in [0.25, 0.3) is 44.6 Å². The molecule has 23 heavy (non-hydrogen) atoms. The molecule has 0 aliphatic rings. The van der Waals surface area contributed by atoms with Crippen LogP contribution in [0.15, 0.2) is 60.8 Å². The molecule has 2 aromatic carbocycles. The normalized spacial score (nSPS) is 11.5. The summed E-state index contributed by atoms with van der Waals surface area (Å²) in [5.41, 5.74) is 6.20. The summed E-state index contributed by atoms with van der Waals surface area (Å²) in [6.07, 6.45) is 1.74. The van der Waals surface area contributed by atoms with Crippen molar-refractivity contribution in [3.05, 3.63) is 60.8 Å². The van der Waals surface area contributed by atoms with Crippen molar-refractivity contribution in [1.29, 1.82) is 0 Å². The molecule has 3 heterocycles. The smallest absolute Gasteiger partial charge is 0.179 e. The highest BCUT2D eigenvalue weighted by atomic mass is 15.0. The van der Waals surface area contributed by atoms with Crippen LogP contribution in [0.4, 0.5) is 0 Å². The van der Waals surface area contributed by atoms with Gasteiger partial charge in [-0.1, -0.05) is 18.2 Å². The molecule has 5 rings (SSSR count). The van der Waals surface area contributed by atoms with Crippen molar-refractivity contribution in [2.24, 2.45) is 0 Å². The van der Waals surface area contributed by atoms with Crippen LogP contribution in [0.2, 0.25) is 0 Å². The number of rotatable bonds is 1. The molecule has 0 aliphatic carbocycles. The van der Waals surface area contributed by atoms with Gasteiger partial charge in [0.2, 0.25) is 0 Å². The number of aromatic nitrogens is 5. The molecule has 108 valence electrons. The average Bonchev–Trinajstić information content (AvgIpc) is 3.01. The van der Waals surface area contributed by atoms with E-state index in [9.17, 15) is 0 Å². The molecule has 5 nitrogen and oxygen atoms in total. The first-order valence-corrected chi connectivity index (χ1v) is 7.34. The fourth-order valence-electron chi connectivity index (χ4n) is 2.75. The van der Waals surface area contributed by atoms with Crippen LogP contribution in [0.3, 0.4) is 0 Å². The summed E-state index contributed by atoms with van der Waals surface area (Å²) in [5, 5.41) is 0. The predicted molar refractivity (Wildman–Crippen MR) is 89.9 cm³/mol. The standard InChI is InChI=1S/C18H11N5/c1-2-6-12-11(5-1)20-14-9-16-17(10-15(14)21-12)23-18(22-16)13-7-3-4-8-19-13/h1-10,20H. The Morgan fingerprint density at radius 3 is 2.35 bits per heavy atom. The molecule has 0 aliphatic heterocycles. The summed E-state index contributed by atoms with van der Waals surface area (Å²) in [6, 6.07) is 17.7. The molecule has 5 heteroatoms. The van der Waals surface area contributed by atoms with E-state index in [2.05, 4.69) is 19.9 Å². The number of imidazole rings is 1. The second kappa shape index (κ2) is 4.58. The molecule has 0 unspecified atom stereocenters. The number of aromatic amines is 1. The monoisotopic (exact) mass is 297 g/mol. The number of nitrogens with zero attached hydrogens (tertiary/aromatic N) is 4. The van der Waals surface area contributed by atoms with Crippen molar-refractivity contribution < 1.29 is 0 Å². The van der Waals surface area contributed by atoms with E-state index in [1.54, 1.807) is 6.20 Å². The lowest BCUT2D eigenvalue weighted by molar-refractivity contribution is 1.24. The predicted octanol–water partition coefficient (Wildman–Crippen LogP) is 3.72. The zero-order valence-corrected chi connectivity index (χ0v) is 12.1. The number of hydrogen-bond acceptors (Lipinski definition) is 4. The van der Waals surface area contributed by atoms with Crippen molar-refractivity contribution in [2.45, 2.75) is 0 Å². The van der Waals surface area contributed by atoms with Crippen molar-refractivity contribution >= 4 is 33.1 Å². The van der Waals surface area contributed by atoms with Crippen LogP contribution >= 0.6 is 0 Å². The molecule has 5 aromatic rings. The molecule has 1 N–H and O–H groups in total. The number of fused-ring (bicyclic) bond motifs is 3. The Bertz CT molecular complexity index is 1090. The summed E-state index contributed by atoms with van der Waals surface area (Å²) in [7, 11) is 0. The first-order chi connectivity index (χ1) is 11.4. The molecule has 0 atom stereocenters. The SMILES string of the molecule is c1ccc(-c2nc3cc4nc5ccccc5[nH]c4cc3n2)nc1. The van der Waals surface area contributed by atoms with Gasteiger partial charge in [-0.25, -0.2) is 15.0 Å². The Labute approximate surface area is 131 Å². The Morgan fingerprint density at radius 1 is 0.652 bits per heavy atom. The maximum Gasteiger partial charge on any atom is 0.179 e. The summed E-state index contributed by atoms with van der Waals surface area (Å²) in [4.78, 5) is 21.6. The molecule has 0 saturated carbocycles. The number of nitrogens with one attached hydrogen (secondary N) is 1. The quantitative estimate of drug-likeness (QED) is 0.479. The van der Waals surface area contributed by atoms with Gasteiger partial charge in [0.05, 0.1) is 33.1 Å². The summed E-state index contributed by atoms with van der Waals surface area (Å²) in [5.74, 6) is 0.639. The van der Waals surface area contributed by atoms with Crippen LogP contribution in [-0.2, 0) is 0 Å². The zero-order valence-electron chi connectivity index (χ0n) is 12.1. The van der Waals surface area contributed by atoms with Crippen LogP contribution < -0.4 is 0 Å². The minimum absolute atomic E-state index is 0.639. The van der Waals surface area contributed by atoms with Gasteiger partial charge in [-0.2, -0.15) is 0 Å². The van der Waals surface area contributed by atoms with Crippen molar-refractivity contribution in [1.82, 2.24) is 24.9 Å². The van der Waals surface area contributed by atoms with E-state index in [0.29, 0.717) is 5.82 Å². The van der Waals surface area contributed by atoms with Crippen molar-refractivity contribution in [3.8, 4) is 11.5 Å². The second-order valence-corrected chi connectivity index (χ2v) is 5.37. The summed E-state index contributed by atoms with van der Waals surface area (Å²) < 4.78 is 0. The van der Waals surface area contributed by atoms with E-state index in [4.69, 9.17) is 4.98 Å². The number of para-hydroxylation sites is 2. The highest BCUT2D eigenvalue weighted by molar-refractivity contribution is 5.95. The first kappa shape index (κ1) is 12.2. The van der Waals surface area contributed by atoms with Gasteiger partial charge in [-0.15, -0.1) is 0 Å². The van der Waals surface area contributed by atoms with Gasteiger partial charge in [-0.3, -0.25) is 4.98 Å². The number of pyridine rings is 1. The van der Waals surface area contributed by atoms with Crippen LogP contribution in [0, 0.1) is 0 Å². The first-order valence-electron chi connectivity index (χ1n) is 7.34. The minimum Gasteiger partial charge on any atom is -0.352 e. The molecule has 0 spiro atoms. The third-order valence-electron chi connectivity index (χ3n) is 3.85. The van der Waals surface area contributed by atoms with E-state index in [1.807, 2.05) is 54.6 Å².